The smallest absolute Gasteiger partial charge is 0.340 e. The highest BCUT2D eigenvalue weighted by atomic mass is 79.9. The van der Waals surface area contributed by atoms with Gasteiger partial charge in [0.05, 0.1) is 0 Å². The summed E-state index contributed by atoms with van der Waals surface area (Å²) in [5, 5.41) is 18.6. The van der Waals surface area contributed by atoms with Crippen molar-refractivity contribution in [2.24, 2.45) is 0 Å². The van der Waals surface area contributed by atoms with E-state index in [9.17, 15) is 9.90 Å². The molecule has 1 aromatic carbocycles. The molecule has 5 heteroatoms. The molecule has 0 aromatic heterocycles. The van der Waals surface area contributed by atoms with E-state index in [4.69, 9.17) is 5.11 Å². The van der Waals surface area contributed by atoms with E-state index in [1.54, 1.807) is 6.07 Å². The second-order valence-corrected chi connectivity index (χ2v) is 3.72. The van der Waals surface area contributed by atoms with Crippen LogP contribution >= 0.6 is 25.2 Å². The maximum atomic E-state index is 10.6. The van der Waals surface area contributed by atoms with Crippen molar-refractivity contribution in [1.29, 1.82) is 0 Å². The summed E-state index contributed by atoms with van der Waals surface area (Å²) < 4.78 is 0.375. The minimum absolute atomic E-state index is 0.110. The Labute approximate surface area is 79.7 Å². The third kappa shape index (κ3) is 1.76. The normalized spacial score (nSPS) is 9.83. The lowest BCUT2D eigenvalue weighted by Crippen LogP contribution is -2.01. The molecule has 64 valence electrons. The van der Waals surface area contributed by atoms with Crippen LogP contribution in [0.15, 0.2) is 16.6 Å². The average Bonchev–Trinajstić information content (AvgIpc) is 1.82. The molecule has 0 amide bonds. The fourth-order valence-electron chi connectivity index (χ4n) is 0.824. The third-order valence-electron chi connectivity index (χ3n) is 1.31. The van der Waals surface area contributed by atoms with Gasteiger partial charge in [0.25, 0.3) is 0 Å². The first-order chi connectivity index (χ1) is 5.52. The van der Waals surface area contributed by atoms with Crippen molar-refractivity contribution in [1.82, 2.24) is 0 Å². The number of carbonyl (C=O) groups is 1. The highest BCUT2D eigenvalue weighted by Crippen LogP contribution is 2.25. The van der Waals surface area contributed by atoms with Crippen LogP contribution in [0.25, 0.3) is 0 Å². The monoisotopic (exact) mass is 248 g/mol. The number of benzene rings is 1. The molecule has 0 aliphatic rings. The van der Waals surface area contributed by atoms with E-state index >= 15 is 0 Å². The first kappa shape index (κ1) is 9.49. The van der Waals surface area contributed by atoms with E-state index in [0.29, 0.717) is 4.47 Å². The molecule has 0 aliphatic heterocycles. The van der Waals surface area contributed by atoms with E-state index in [1.165, 1.54) is 6.07 Å². The summed E-state index contributed by atoms with van der Waals surface area (Å²) in [6, 6.07) is 2.98. The molecule has 0 bridgehead atoms. The van der Waals surface area contributed by atoms with Crippen LogP contribution in [0.1, 0.15) is 10.4 Å². The predicted octanol–water partition coefficient (Wildman–Crippen LogP) is 1.35. The van der Waals surface area contributed by atoms with Crippen molar-refractivity contribution >= 4 is 36.4 Å². The van der Waals surface area contributed by atoms with Crippen LogP contribution in [0.4, 0.5) is 0 Å². The maximum absolute atomic E-state index is 10.6. The Hall–Kier alpha value is -0.600. The topological polar surface area (TPSA) is 57.5 Å². The minimum atomic E-state index is -1.15. The van der Waals surface area contributed by atoms with Gasteiger partial charge in [-0.05, 0) is 33.4 Å². The molecule has 0 fully saturated rings. The molecule has 0 heterocycles. The molecule has 1 atom stereocenters. The molecule has 0 saturated carbocycles. The molecule has 1 rings (SSSR count). The molecule has 0 aliphatic carbocycles. The molecular weight excluding hydrogens is 243 g/mol. The van der Waals surface area contributed by atoms with E-state index in [1.807, 2.05) is 0 Å². The van der Waals surface area contributed by atoms with Crippen molar-refractivity contribution < 1.29 is 15.0 Å². The number of halogens is 1. The molecule has 0 radical (unpaired) electrons. The Kier molecular flexibility index (Phi) is 2.70. The van der Waals surface area contributed by atoms with Gasteiger partial charge in [0, 0.05) is 4.47 Å². The number of carboxylic acid groups (broad SMARTS) is 1. The Morgan fingerprint density at radius 1 is 1.50 bits per heavy atom. The van der Waals surface area contributed by atoms with Crippen LogP contribution in [-0.2, 0) is 0 Å². The molecular formula is C7H6BrO3P. The summed E-state index contributed by atoms with van der Waals surface area (Å²) in [6.45, 7) is 0. The van der Waals surface area contributed by atoms with Gasteiger partial charge in [-0.15, -0.1) is 9.24 Å². The minimum Gasteiger partial charge on any atom is -0.507 e. The molecule has 1 aromatic rings. The number of hydrogen-bond acceptors (Lipinski definition) is 2. The third-order valence-corrected chi connectivity index (χ3v) is 2.26. The summed E-state index contributed by atoms with van der Waals surface area (Å²) in [6.07, 6.45) is 0. The van der Waals surface area contributed by atoms with Gasteiger partial charge < -0.3 is 10.2 Å². The fourth-order valence-corrected chi connectivity index (χ4v) is 2.03. The first-order valence-electron chi connectivity index (χ1n) is 3.03. The summed E-state index contributed by atoms with van der Waals surface area (Å²) in [5.41, 5.74) is -0.110. The second kappa shape index (κ2) is 3.42. The largest absolute Gasteiger partial charge is 0.507 e. The van der Waals surface area contributed by atoms with Gasteiger partial charge in [0.15, 0.2) is 0 Å². The van der Waals surface area contributed by atoms with Crippen LogP contribution in [-0.4, -0.2) is 16.2 Å². The Balaban J connectivity index is 3.38. The van der Waals surface area contributed by atoms with E-state index in [-0.39, 0.29) is 11.3 Å². The van der Waals surface area contributed by atoms with Crippen LogP contribution in [0, 0.1) is 0 Å². The number of hydrogen-bond donors (Lipinski definition) is 2. The molecule has 1 unspecified atom stereocenters. The van der Waals surface area contributed by atoms with E-state index in [0.717, 1.165) is 5.30 Å². The van der Waals surface area contributed by atoms with Crippen molar-refractivity contribution in [2.45, 2.75) is 0 Å². The summed E-state index contributed by atoms with van der Waals surface area (Å²) in [4.78, 5) is 10.6. The summed E-state index contributed by atoms with van der Waals surface area (Å²) in [5.74, 6) is -1.38. The predicted molar refractivity (Wildman–Crippen MR) is 52.1 cm³/mol. The summed E-state index contributed by atoms with van der Waals surface area (Å²) >= 11 is 3.04. The average molecular weight is 249 g/mol. The fraction of sp³-hybridized carbons (Fsp3) is 0. The number of carboxylic acids is 1. The Morgan fingerprint density at radius 2 is 2.08 bits per heavy atom. The number of phenols is 1. The molecule has 12 heavy (non-hydrogen) atoms. The van der Waals surface area contributed by atoms with Gasteiger partial charge in [-0.3, -0.25) is 0 Å². The molecule has 2 N–H and O–H groups in total. The van der Waals surface area contributed by atoms with Gasteiger partial charge in [-0.2, -0.15) is 0 Å². The van der Waals surface area contributed by atoms with Crippen molar-refractivity contribution in [3.05, 3.63) is 22.2 Å². The maximum Gasteiger partial charge on any atom is 0.340 e. The van der Waals surface area contributed by atoms with Crippen LogP contribution in [0.2, 0.25) is 0 Å². The van der Waals surface area contributed by atoms with Crippen LogP contribution in [0.3, 0.4) is 0 Å². The van der Waals surface area contributed by atoms with Crippen molar-refractivity contribution in [3.63, 3.8) is 0 Å². The van der Waals surface area contributed by atoms with E-state index in [2.05, 4.69) is 25.2 Å². The number of aromatic hydroxyl groups is 1. The second-order valence-electron chi connectivity index (χ2n) is 2.20. The molecule has 0 saturated heterocycles. The molecule has 3 nitrogen and oxygen atoms in total. The highest BCUT2D eigenvalue weighted by Gasteiger charge is 2.13. The molecule has 0 spiro atoms. The Morgan fingerprint density at radius 3 is 2.50 bits per heavy atom. The standard InChI is InChI=1S/C7H6BrO3P/c8-4-1-3(12)2-5(9)6(4)7(10)11/h1-2,9H,12H2,(H,10,11). The highest BCUT2D eigenvalue weighted by molar-refractivity contribution is 9.10. The first-order valence-corrected chi connectivity index (χ1v) is 4.40. The lowest BCUT2D eigenvalue weighted by Gasteiger charge is -2.02. The van der Waals surface area contributed by atoms with Crippen molar-refractivity contribution in [3.8, 4) is 5.75 Å². The zero-order chi connectivity index (χ0) is 9.30. The van der Waals surface area contributed by atoms with E-state index < -0.39 is 5.97 Å². The zero-order valence-corrected chi connectivity index (χ0v) is 8.65. The lowest BCUT2D eigenvalue weighted by atomic mass is 10.2. The van der Waals surface area contributed by atoms with Gasteiger partial charge in [-0.25, -0.2) is 4.79 Å². The van der Waals surface area contributed by atoms with Gasteiger partial charge in [0.2, 0.25) is 0 Å². The van der Waals surface area contributed by atoms with Gasteiger partial charge >= 0.3 is 5.97 Å². The SMILES string of the molecule is O=C(O)c1c(O)cc(P)cc1Br. The quantitative estimate of drug-likeness (QED) is 0.738. The number of aromatic carboxylic acids is 1. The number of rotatable bonds is 1. The Bertz CT molecular complexity index is 314. The van der Waals surface area contributed by atoms with Crippen molar-refractivity contribution in [2.75, 3.05) is 0 Å². The van der Waals surface area contributed by atoms with Gasteiger partial charge in [0.1, 0.15) is 11.3 Å². The van der Waals surface area contributed by atoms with Crippen LogP contribution < -0.4 is 5.30 Å². The zero-order valence-electron chi connectivity index (χ0n) is 5.91. The van der Waals surface area contributed by atoms with Crippen LogP contribution in [0.5, 0.6) is 5.75 Å². The summed E-state index contributed by atoms with van der Waals surface area (Å²) in [7, 11) is 2.37. The van der Waals surface area contributed by atoms with Gasteiger partial charge in [-0.1, -0.05) is 0 Å². The lowest BCUT2D eigenvalue weighted by molar-refractivity contribution is 0.0693.